The molecule has 0 amide bonds. The molecule has 0 spiro atoms. The molecule has 16 heavy (non-hydrogen) atoms. The zero-order valence-electron chi connectivity index (χ0n) is 8.87. The van der Waals surface area contributed by atoms with Crippen LogP contribution < -0.4 is 0 Å². The lowest BCUT2D eigenvalue weighted by Gasteiger charge is -2.04. The molecule has 0 fully saturated rings. The Bertz CT molecular complexity index is 526. The predicted octanol–water partition coefficient (Wildman–Crippen LogP) is 2.58. The summed E-state index contributed by atoms with van der Waals surface area (Å²) in [6, 6.07) is 10.2. The van der Waals surface area contributed by atoms with E-state index in [9.17, 15) is 0 Å². The number of aromatic amines is 1. The minimum absolute atomic E-state index is 0.248. The molecule has 2 aromatic rings. The standard InChI is InChI=1S/C11H12N4S/c1-9(10-5-3-2-4-6-10)7-13-15-8-12-14-11(15)16/h2-9H,1H3,(H,14,16)/b13-7-/t9-/m1/s1. The van der Waals surface area contributed by atoms with E-state index >= 15 is 0 Å². The van der Waals surface area contributed by atoms with Crippen molar-refractivity contribution in [3.05, 3.63) is 47.0 Å². The third-order valence-electron chi connectivity index (χ3n) is 2.28. The molecule has 5 heteroatoms. The van der Waals surface area contributed by atoms with E-state index in [0.29, 0.717) is 4.77 Å². The molecular weight excluding hydrogens is 220 g/mol. The van der Waals surface area contributed by atoms with Crippen LogP contribution in [0.5, 0.6) is 0 Å². The summed E-state index contributed by atoms with van der Waals surface area (Å²) in [7, 11) is 0. The second kappa shape index (κ2) is 4.85. The van der Waals surface area contributed by atoms with Gasteiger partial charge in [0.15, 0.2) is 0 Å². The van der Waals surface area contributed by atoms with Crippen molar-refractivity contribution in [2.45, 2.75) is 12.8 Å². The second-order valence-corrected chi connectivity index (χ2v) is 3.86. The number of nitrogens with zero attached hydrogens (tertiary/aromatic N) is 3. The molecule has 2 rings (SSSR count). The van der Waals surface area contributed by atoms with Crippen LogP contribution in [0, 0.1) is 4.77 Å². The van der Waals surface area contributed by atoms with Gasteiger partial charge in [-0.2, -0.15) is 14.9 Å². The van der Waals surface area contributed by atoms with Gasteiger partial charge in [-0.1, -0.05) is 37.3 Å². The normalized spacial score (nSPS) is 13.1. The van der Waals surface area contributed by atoms with Crippen molar-refractivity contribution in [2.75, 3.05) is 0 Å². The van der Waals surface area contributed by atoms with Crippen molar-refractivity contribution in [2.24, 2.45) is 5.10 Å². The van der Waals surface area contributed by atoms with Gasteiger partial charge < -0.3 is 0 Å². The fraction of sp³-hybridized carbons (Fsp3) is 0.182. The van der Waals surface area contributed by atoms with Crippen molar-refractivity contribution in [3.63, 3.8) is 0 Å². The molecule has 0 saturated heterocycles. The summed E-state index contributed by atoms with van der Waals surface area (Å²) in [5.41, 5.74) is 1.22. The van der Waals surface area contributed by atoms with Gasteiger partial charge in [-0.25, -0.2) is 0 Å². The SMILES string of the molecule is C[C@H](/C=N\n1cn[nH]c1=S)c1ccccc1. The summed E-state index contributed by atoms with van der Waals surface area (Å²) < 4.78 is 2.03. The second-order valence-electron chi connectivity index (χ2n) is 3.47. The van der Waals surface area contributed by atoms with Crippen molar-refractivity contribution in [1.29, 1.82) is 0 Å². The maximum atomic E-state index is 4.99. The molecular formula is C11H12N4S. The molecule has 1 aromatic heterocycles. The number of aromatic nitrogens is 3. The third-order valence-corrected chi connectivity index (χ3v) is 2.55. The lowest BCUT2D eigenvalue weighted by Crippen LogP contribution is -1.96. The monoisotopic (exact) mass is 232 g/mol. The molecule has 82 valence electrons. The maximum absolute atomic E-state index is 4.99. The van der Waals surface area contributed by atoms with Crippen LogP contribution in [-0.4, -0.2) is 21.1 Å². The molecule has 1 heterocycles. The van der Waals surface area contributed by atoms with Crippen LogP contribution in [0.4, 0.5) is 0 Å². The van der Waals surface area contributed by atoms with Crippen LogP contribution >= 0.6 is 12.2 Å². The summed E-state index contributed by atoms with van der Waals surface area (Å²) in [5.74, 6) is 0.248. The van der Waals surface area contributed by atoms with Gasteiger partial charge in [0.2, 0.25) is 4.77 Å². The maximum Gasteiger partial charge on any atom is 0.216 e. The third kappa shape index (κ3) is 2.43. The Labute approximate surface area is 98.6 Å². The molecule has 0 aliphatic heterocycles. The summed E-state index contributed by atoms with van der Waals surface area (Å²) in [6.07, 6.45) is 3.40. The first-order chi connectivity index (χ1) is 7.77. The highest BCUT2D eigenvalue weighted by Gasteiger charge is 2.00. The Morgan fingerprint density at radius 2 is 2.19 bits per heavy atom. The van der Waals surface area contributed by atoms with E-state index in [4.69, 9.17) is 12.2 Å². The van der Waals surface area contributed by atoms with E-state index in [-0.39, 0.29) is 5.92 Å². The zero-order valence-corrected chi connectivity index (χ0v) is 9.69. The van der Waals surface area contributed by atoms with E-state index in [1.54, 1.807) is 6.33 Å². The Hall–Kier alpha value is -1.75. The van der Waals surface area contributed by atoms with Gasteiger partial charge in [0.1, 0.15) is 6.33 Å². The van der Waals surface area contributed by atoms with E-state index in [0.717, 1.165) is 0 Å². The largest absolute Gasteiger partial charge is 0.250 e. The Morgan fingerprint density at radius 1 is 1.44 bits per heavy atom. The molecule has 1 N–H and O–H groups in total. The smallest absolute Gasteiger partial charge is 0.216 e. The molecule has 0 unspecified atom stereocenters. The van der Waals surface area contributed by atoms with Gasteiger partial charge in [0.05, 0.1) is 0 Å². The van der Waals surface area contributed by atoms with E-state index in [1.807, 2.05) is 24.4 Å². The van der Waals surface area contributed by atoms with Crippen molar-refractivity contribution < 1.29 is 0 Å². The van der Waals surface area contributed by atoms with Gasteiger partial charge in [-0.15, -0.1) is 0 Å². The van der Waals surface area contributed by atoms with Gasteiger partial charge in [-0.05, 0) is 17.8 Å². The topological polar surface area (TPSA) is 46.0 Å². The number of benzene rings is 1. The number of nitrogens with one attached hydrogen (secondary N) is 1. The Kier molecular flexibility index (Phi) is 3.26. The van der Waals surface area contributed by atoms with Crippen molar-refractivity contribution >= 4 is 18.4 Å². The number of rotatable bonds is 3. The quantitative estimate of drug-likeness (QED) is 0.653. The van der Waals surface area contributed by atoms with Gasteiger partial charge in [0, 0.05) is 12.1 Å². The van der Waals surface area contributed by atoms with Crippen molar-refractivity contribution in [3.8, 4) is 0 Å². The lowest BCUT2D eigenvalue weighted by molar-refractivity contribution is 0.848. The Balaban J connectivity index is 2.14. The fourth-order valence-electron chi connectivity index (χ4n) is 1.34. The van der Waals surface area contributed by atoms with Crippen LogP contribution in [0.15, 0.2) is 41.8 Å². The van der Waals surface area contributed by atoms with E-state index in [1.165, 1.54) is 10.2 Å². The number of hydrogen-bond donors (Lipinski definition) is 1. The molecule has 0 radical (unpaired) electrons. The molecule has 1 atom stereocenters. The average Bonchev–Trinajstić information content (AvgIpc) is 2.73. The summed E-state index contributed by atoms with van der Waals surface area (Å²) in [5, 5.41) is 10.7. The minimum Gasteiger partial charge on any atom is -0.250 e. The molecule has 1 aromatic carbocycles. The van der Waals surface area contributed by atoms with Crippen LogP contribution in [-0.2, 0) is 0 Å². The minimum atomic E-state index is 0.248. The van der Waals surface area contributed by atoms with Crippen LogP contribution in [0.2, 0.25) is 0 Å². The van der Waals surface area contributed by atoms with Crippen LogP contribution in [0.1, 0.15) is 18.4 Å². The first-order valence-corrected chi connectivity index (χ1v) is 5.39. The summed E-state index contributed by atoms with van der Waals surface area (Å²) in [6.45, 7) is 2.09. The predicted molar refractivity (Wildman–Crippen MR) is 66.2 cm³/mol. The molecule has 0 aliphatic rings. The highest BCUT2D eigenvalue weighted by molar-refractivity contribution is 7.71. The first-order valence-electron chi connectivity index (χ1n) is 4.99. The average molecular weight is 232 g/mol. The van der Waals surface area contributed by atoms with Gasteiger partial charge >= 0.3 is 0 Å². The van der Waals surface area contributed by atoms with Crippen LogP contribution in [0.25, 0.3) is 0 Å². The van der Waals surface area contributed by atoms with Crippen LogP contribution in [0.3, 0.4) is 0 Å². The van der Waals surface area contributed by atoms with E-state index < -0.39 is 0 Å². The molecule has 0 bridgehead atoms. The zero-order chi connectivity index (χ0) is 11.4. The number of H-pyrrole nitrogens is 1. The first kappa shape index (κ1) is 10.8. The molecule has 0 aliphatic carbocycles. The summed E-state index contributed by atoms with van der Waals surface area (Å²) in [4.78, 5) is 0. The summed E-state index contributed by atoms with van der Waals surface area (Å²) >= 11 is 4.99. The molecule has 0 saturated carbocycles. The van der Waals surface area contributed by atoms with Gasteiger partial charge in [0.25, 0.3) is 0 Å². The highest BCUT2D eigenvalue weighted by atomic mass is 32.1. The lowest BCUT2D eigenvalue weighted by atomic mass is 10.0. The Morgan fingerprint density at radius 3 is 2.81 bits per heavy atom. The fourth-order valence-corrected chi connectivity index (χ4v) is 1.49. The molecule has 4 nitrogen and oxygen atoms in total. The van der Waals surface area contributed by atoms with E-state index in [2.05, 4.69) is 34.4 Å². The highest BCUT2D eigenvalue weighted by Crippen LogP contribution is 2.11. The van der Waals surface area contributed by atoms with Gasteiger partial charge in [-0.3, -0.25) is 5.10 Å². The van der Waals surface area contributed by atoms with Crippen molar-refractivity contribution in [1.82, 2.24) is 14.9 Å². The number of hydrogen-bond acceptors (Lipinski definition) is 3.